The highest BCUT2D eigenvalue weighted by Crippen LogP contribution is 2.28. The van der Waals surface area contributed by atoms with Crippen LogP contribution in [0.25, 0.3) is 0 Å². The van der Waals surface area contributed by atoms with E-state index in [1.54, 1.807) is 0 Å². The van der Waals surface area contributed by atoms with E-state index in [0.717, 1.165) is 12.3 Å². The number of rotatable bonds is 3. The molecule has 1 heteroatoms. The van der Waals surface area contributed by atoms with Crippen molar-refractivity contribution in [3.8, 4) is 0 Å². The second-order valence-electron chi connectivity index (χ2n) is 4.90. The van der Waals surface area contributed by atoms with Gasteiger partial charge in [0.25, 0.3) is 0 Å². The van der Waals surface area contributed by atoms with E-state index in [1.165, 1.54) is 36.8 Å². The molecule has 0 heterocycles. The Hall–Kier alpha value is -0.820. The summed E-state index contributed by atoms with van der Waals surface area (Å²) in [5.41, 5.74) is 9.00. The van der Waals surface area contributed by atoms with E-state index in [0.29, 0.717) is 6.04 Å². The van der Waals surface area contributed by atoms with Crippen molar-refractivity contribution < 1.29 is 0 Å². The van der Waals surface area contributed by atoms with Crippen molar-refractivity contribution in [2.24, 2.45) is 11.7 Å². The molecule has 1 nitrogen and oxygen atoms in total. The molecule has 1 aromatic rings. The van der Waals surface area contributed by atoms with Gasteiger partial charge in [-0.05, 0) is 37.7 Å². The summed E-state index contributed by atoms with van der Waals surface area (Å²) in [4.78, 5) is 0. The van der Waals surface area contributed by atoms with Crippen LogP contribution in [0.5, 0.6) is 0 Å². The fourth-order valence-corrected chi connectivity index (χ4v) is 2.66. The van der Waals surface area contributed by atoms with Crippen molar-refractivity contribution in [2.75, 3.05) is 0 Å². The first-order valence-electron chi connectivity index (χ1n) is 6.07. The van der Waals surface area contributed by atoms with Crippen LogP contribution in [0.4, 0.5) is 0 Å². The molecule has 2 rings (SSSR count). The minimum Gasteiger partial charge on any atom is -0.327 e. The maximum absolute atomic E-state index is 6.26. The topological polar surface area (TPSA) is 26.0 Å². The van der Waals surface area contributed by atoms with Crippen LogP contribution in [0, 0.1) is 12.8 Å². The summed E-state index contributed by atoms with van der Waals surface area (Å²) in [5, 5.41) is 0. The van der Waals surface area contributed by atoms with Gasteiger partial charge in [-0.25, -0.2) is 0 Å². The third-order valence-corrected chi connectivity index (χ3v) is 3.56. The molecular weight excluding hydrogens is 182 g/mol. The first-order valence-corrected chi connectivity index (χ1v) is 6.07. The quantitative estimate of drug-likeness (QED) is 0.802. The van der Waals surface area contributed by atoms with Crippen molar-refractivity contribution >= 4 is 0 Å². The maximum atomic E-state index is 6.26. The molecule has 1 aliphatic carbocycles. The van der Waals surface area contributed by atoms with Crippen LogP contribution >= 0.6 is 0 Å². The van der Waals surface area contributed by atoms with Gasteiger partial charge in [0.2, 0.25) is 0 Å². The molecule has 1 unspecified atom stereocenters. The van der Waals surface area contributed by atoms with Gasteiger partial charge in [-0.2, -0.15) is 0 Å². The van der Waals surface area contributed by atoms with Crippen molar-refractivity contribution in [3.05, 3.63) is 35.4 Å². The molecule has 0 spiro atoms. The van der Waals surface area contributed by atoms with Crippen LogP contribution in [0.15, 0.2) is 24.3 Å². The Kier molecular flexibility index (Phi) is 3.42. The zero-order chi connectivity index (χ0) is 10.7. The fourth-order valence-electron chi connectivity index (χ4n) is 2.66. The highest BCUT2D eigenvalue weighted by molar-refractivity contribution is 5.23. The molecule has 0 aliphatic heterocycles. The van der Waals surface area contributed by atoms with E-state index < -0.39 is 0 Å². The average molecular weight is 203 g/mol. The van der Waals surface area contributed by atoms with Gasteiger partial charge in [-0.1, -0.05) is 42.7 Å². The molecule has 2 N–H and O–H groups in total. The van der Waals surface area contributed by atoms with E-state index in [4.69, 9.17) is 5.73 Å². The lowest BCUT2D eigenvalue weighted by molar-refractivity contribution is 0.429. The van der Waals surface area contributed by atoms with Gasteiger partial charge in [-0.15, -0.1) is 0 Å². The van der Waals surface area contributed by atoms with Gasteiger partial charge >= 0.3 is 0 Å². The van der Waals surface area contributed by atoms with Crippen molar-refractivity contribution in [1.29, 1.82) is 0 Å². The SMILES string of the molecule is Cc1cccc(CC(N)C2CCCC2)c1. The highest BCUT2D eigenvalue weighted by atomic mass is 14.7. The first-order chi connectivity index (χ1) is 7.25. The summed E-state index contributed by atoms with van der Waals surface area (Å²) in [6, 6.07) is 9.10. The first kappa shape index (κ1) is 10.7. The monoisotopic (exact) mass is 203 g/mol. The van der Waals surface area contributed by atoms with Crippen molar-refractivity contribution in [2.45, 2.75) is 45.1 Å². The molecule has 0 amide bonds. The third kappa shape index (κ3) is 2.82. The highest BCUT2D eigenvalue weighted by Gasteiger charge is 2.21. The molecule has 0 saturated heterocycles. The molecule has 82 valence electrons. The summed E-state index contributed by atoms with van der Waals surface area (Å²) in [6.07, 6.45) is 6.49. The lowest BCUT2D eigenvalue weighted by atomic mass is 9.92. The Balaban J connectivity index is 1.95. The van der Waals surface area contributed by atoms with Crippen LogP contribution < -0.4 is 5.73 Å². The predicted octanol–water partition coefficient (Wildman–Crippen LogP) is 3.06. The van der Waals surface area contributed by atoms with E-state index in [9.17, 15) is 0 Å². The Labute approximate surface area is 92.7 Å². The average Bonchev–Trinajstić information content (AvgIpc) is 2.70. The van der Waals surface area contributed by atoms with E-state index in [2.05, 4.69) is 31.2 Å². The van der Waals surface area contributed by atoms with E-state index >= 15 is 0 Å². The van der Waals surface area contributed by atoms with Crippen molar-refractivity contribution in [1.82, 2.24) is 0 Å². The Morgan fingerprint density at radius 3 is 2.73 bits per heavy atom. The number of hydrogen-bond acceptors (Lipinski definition) is 1. The largest absolute Gasteiger partial charge is 0.327 e. The summed E-state index contributed by atoms with van der Waals surface area (Å²) >= 11 is 0. The number of benzene rings is 1. The van der Waals surface area contributed by atoms with Gasteiger partial charge < -0.3 is 5.73 Å². The Morgan fingerprint density at radius 1 is 1.33 bits per heavy atom. The Bertz CT molecular complexity index is 313. The minimum atomic E-state index is 0.370. The number of hydrogen-bond donors (Lipinski definition) is 1. The van der Waals surface area contributed by atoms with Crippen LogP contribution in [-0.4, -0.2) is 6.04 Å². The minimum absolute atomic E-state index is 0.370. The lowest BCUT2D eigenvalue weighted by Gasteiger charge is -2.18. The van der Waals surface area contributed by atoms with Gasteiger partial charge in [0, 0.05) is 6.04 Å². The lowest BCUT2D eigenvalue weighted by Crippen LogP contribution is -2.30. The molecule has 15 heavy (non-hydrogen) atoms. The predicted molar refractivity (Wildman–Crippen MR) is 64.8 cm³/mol. The molecule has 1 atom stereocenters. The number of nitrogens with two attached hydrogens (primary N) is 1. The summed E-state index contributed by atoms with van der Waals surface area (Å²) in [5.74, 6) is 0.769. The molecule has 0 radical (unpaired) electrons. The molecule has 0 aromatic heterocycles. The zero-order valence-corrected chi connectivity index (χ0v) is 9.58. The van der Waals surface area contributed by atoms with Crippen LogP contribution in [0.2, 0.25) is 0 Å². The summed E-state index contributed by atoms with van der Waals surface area (Å²) < 4.78 is 0. The van der Waals surface area contributed by atoms with Gasteiger partial charge in [0.05, 0.1) is 0 Å². The maximum Gasteiger partial charge on any atom is 0.0108 e. The van der Waals surface area contributed by atoms with E-state index in [1.807, 2.05) is 0 Å². The smallest absolute Gasteiger partial charge is 0.0108 e. The Morgan fingerprint density at radius 2 is 2.07 bits per heavy atom. The number of aryl methyl sites for hydroxylation is 1. The standard InChI is InChI=1S/C14H21N/c1-11-5-4-6-12(9-11)10-14(15)13-7-2-3-8-13/h4-6,9,13-14H,2-3,7-8,10,15H2,1H3. The second kappa shape index (κ2) is 4.80. The molecule has 1 saturated carbocycles. The van der Waals surface area contributed by atoms with Gasteiger partial charge in [0.1, 0.15) is 0 Å². The summed E-state index contributed by atoms with van der Waals surface area (Å²) in [7, 11) is 0. The van der Waals surface area contributed by atoms with Crippen molar-refractivity contribution in [3.63, 3.8) is 0 Å². The normalized spacial score (nSPS) is 19.3. The second-order valence-corrected chi connectivity index (χ2v) is 4.90. The third-order valence-electron chi connectivity index (χ3n) is 3.56. The molecule has 1 aliphatic rings. The van der Waals surface area contributed by atoms with E-state index in [-0.39, 0.29) is 0 Å². The zero-order valence-electron chi connectivity index (χ0n) is 9.58. The van der Waals surface area contributed by atoms with Crippen LogP contribution in [0.3, 0.4) is 0 Å². The van der Waals surface area contributed by atoms with Crippen LogP contribution in [0.1, 0.15) is 36.8 Å². The van der Waals surface area contributed by atoms with Gasteiger partial charge in [0.15, 0.2) is 0 Å². The molecule has 1 fully saturated rings. The van der Waals surface area contributed by atoms with Gasteiger partial charge in [-0.3, -0.25) is 0 Å². The van der Waals surface area contributed by atoms with Crippen LogP contribution in [-0.2, 0) is 6.42 Å². The molecule has 1 aromatic carbocycles. The fraction of sp³-hybridized carbons (Fsp3) is 0.571. The molecule has 0 bridgehead atoms. The summed E-state index contributed by atoms with van der Waals surface area (Å²) in [6.45, 7) is 2.14. The molecular formula is C14H21N.